The van der Waals surface area contributed by atoms with Crippen LogP contribution in [0.3, 0.4) is 0 Å². The van der Waals surface area contributed by atoms with Gasteiger partial charge < -0.3 is 5.32 Å². The predicted octanol–water partition coefficient (Wildman–Crippen LogP) is 2.76. The molecule has 104 valence electrons. The Labute approximate surface area is 118 Å². The fourth-order valence-electron chi connectivity index (χ4n) is 2.28. The lowest BCUT2D eigenvalue weighted by Crippen LogP contribution is -2.13. The minimum atomic E-state index is -3.53. The maximum Gasteiger partial charge on any atom is 0.261 e. The molecule has 4 nitrogen and oxygen atoms in total. The highest BCUT2D eigenvalue weighted by atomic mass is 32.2. The zero-order valence-corrected chi connectivity index (χ0v) is 12.0. The normalized spacial score (nSPS) is 13.7. The van der Waals surface area contributed by atoms with E-state index in [-0.39, 0.29) is 0 Å². The molecule has 0 bridgehead atoms. The lowest BCUT2D eigenvalue weighted by Gasteiger charge is -2.09. The zero-order valence-electron chi connectivity index (χ0n) is 11.2. The molecule has 0 aromatic heterocycles. The van der Waals surface area contributed by atoms with Crippen molar-refractivity contribution in [2.24, 2.45) is 0 Å². The standard InChI is InChI=1S/C15H16N2O2S/c1-11-2-4-13(5-3-11)17-20(18,19)14-6-7-15-12(10-14)8-9-16-15/h2-7,10,16-17H,8-9H2,1H3. The molecular weight excluding hydrogens is 272 g/mol. The second-order valence-corrected chi connectivity index (χ2v) is 6.65. The van der Waals surface area contributed by atoms with E-state index in [1.54, 1.807) is 24.3 Å². The van der Waals surface area contributed by atoms with Crippen LogP contribution in [-0.4, -0.2) is 15.0 Å². The lowest BCUT2D eigenvalue weighted by atomic mass is 10.2. The quantitative estimate of drug-likeness (QED) is 0.913. The van der Waals surface area contributed by atoms with Crippen LogP contribution in [0.2, 0.25) is 0 Å². The predicted molar refractivity (Wildman–Crippen MR) is 80.6 cm³/mol. The van der Waals surface area contributed by atoms with Gasteiger partial charge in [0.25, 0.3) is 10.0 Å². The minimum absolute atomic E-state index is 0.306. The Kier molecular flexibility index (Phi) is 3.14. The number of nitrogens with one attached hydrogen (secondary N) is 2. The molecule has 1 heterocycles. The molecule has 2 aromatic carbocycles. The maximum atomic E-state index is 12.4. The fourth-order valence-corrected chi connectivity index (χ4v) is 3.39. The van der Waals surface area contributed by atoms with Crippen LogP contribution in [0.5, 0.6) is 0 Å². The summed E-state index contributed by atoms with van der Waals surface area (Å²) >= 11 is 0. The molecule has 0 aliphatic carbocycles. The van der Waals surface area contributed by atoms with Crippen LogP contribution in [0.1, 0.15) is 11.1 Å². The summed E-state index contributed by atoms with van der Waals surface area (Å²) in [5, 5.41) is 3.22. The Balaban J connectivity index is 1.90. The van der Waals surface area contributed by atoms with Crippen molar-refractivity contribution < 1.29 is 8.42 Å². The number of benzene rings is 2. The van der Waals surface area contributed by atoms with Crippen LogP contribution in [0.25, 0.3) is 0 Å². The van der Waals surface area contributed by atoms with E-state index in [1.165, 1.54) is 0 Å². The van der Waals surface area contributed by atoms with E-state index < -0.39 is 10.0 Å². The minimum Gasteiger partial charge on any atom is -0.384 e. The third kappa shape index (κ3) is 2.49. The van der Waals surface area contributed by atoms with Crippen molar-refractivity contribution in [3.8, 4) is 0 Å². The monoisotopic (exact) mass is 288 g/mol. The molecular formula is C15H16N2O2S. The first-order valence-electron chi connectivity index (χ1n) is 6.51. The number of anilines is 2. The van der Waals surface area contributed by atoms with Crippen LogP contribution in [0.15, 0.2) is 47.4 Å². The van der Waals surface area contributed by atoms with Crippen LogP contribution in [0, 0.1) is 6.92 Å². The molecule has 0 fully saturated rings. The largest absolute Gasteiger partial charge is 0.384 e. The first-order valence-corrected chi connectivity index (χ1v) is 7.99. The third-order valence-electron chi connectivity index (χ3n) is 3.40. The zero-order chi connectivity index (χ0) is 14.2. The molecule has 0 saturated carbocycles. The average molecular weight is 288 g/mol. The molecule has 3 rings (SSSR count). The van der Waals surface area contributed by atoms with E-state index in [2.05, 4.69) is 10.0 Å². The Hall–Kier alpha value is -2.01. The molecule has 0 unspecified atom stereocenters. The highest BCUT2D eigenvalue weighted by molar-refractivity contribution is 7.92. The summed E-state index contributed by atoms with van der Waals surface area (Å²) < 4.78 is 27.3. The number of fused-ring (bicyclic) bond motifs is 1. The summed E-state index contributed by atoms with van der Waals surface area (Å²) in [6.45, 7) is 2.83. The highest BCUT2D eigenvalue weighted by Crippen LogP contribution is 2.26. The van der Waals surface area contributed by atoms with Gasteiger partial charge >= 0.3 is 0 Å². The van der Waals surface area contributed by atoms with E-state index in [4.69, 9.17) is 0 Å². The van der Waals surface area contributed by atoms with E-state index in [9.17, 15) is 8.42 Å². The van der Waals surface area contributed by atoms with E-state index in [0.717, 1.165) is 29.8 Å². The SMILES string of the molecule is Cc1ccc(NS(=O)(=O)c2ccc3c(c2)CCN3)cc1. The van der Waals surface area contributed by atoms with Gasteiger partial charge in [-0.05, 0) is 49.2 Å². The van der Waals surface area contributed by atoms with Crippen molar-refractivity contribution in [3.63, 3.8) is 0 Å². The smallest absolute Gasteiger partial charge is 0.261 e. The van der Waals surface area contributed by atoms with Crippen LogP contribution in [0.4, 0.5) is 11.4 Å². The molecule has 20 heavy (non-hydrogen) atoms. The van der Waals surface area contributed by atoms with Gasteiger partial charge in [-0.15, -0.1) is 0 Å². The van der Waals surface area contributed by atoms with Crippen LogP contribution in [-0.2, 0) is 16.4 Å². The molecule has 5 heteroatoms. The molecule has 0 saturated heterocycles. The fraction of sp³-hybridized carbons (Fsp3) is 0.200. The maximum absolute atomic E-state index is 12.4. The molecule has 0 atom stereocenters. The van der Waals surface area contributed by atoms with E-state index in [1.807, 2.05) is 25.1 Å². The van der Waals surface area contributed by atoms with Gasteiger partial charge in [-0.25, -0.2) is 8.42 Å². The van der Waals surface area contributed by atoms with Crippen molar-refractivity contribution in [2.75, 3.05) is 16.6 Å². The van der Waals surface area contributed by atoms with Gasteiger partial charge in [0.15, 0.2) is 0 Å². The number of rotatable bonds is 3. The second-order valence-electron chi connectivity index (χ2n) is 4.97. The van der Waals surface area contributed by atoms with Crippen molar-refractivity contribution in [3.05, 3.63) is 53.6 Å². The van der Waals surface area contributed by atoms with Gasteiger partial charge in [0.05, 0.1) is 4.90 Å². The number of sulfonamides is 1. The molecule has 1 aliphatic heterocycles. The van der Waals surface area contributed by atoms with Crippen LogP contribution >= 0.6 is 0 Å². The topological polar surface area (TPSA) is 58.2 Å². The summed E-state index contributed by atoms with van der Waals surface area (Å²) in [5.74, 6) is 0. The third-order valence-corrected chi connectivity index (χ3v) is 4.78. The molecule has 0 radical (unpaired) electrons. The Bertz CT molecular complexity index is 737. The second kappa shape index (κ2) is 4.83. The van der Waals surface area contributed by atoms with Gasteiger partial charge in [-0.1, -0.05) is 17.7 Å². The van der Waals surface area contributed by atoms with Gasteiger partial charge in [-0.3, -0.25) is 4.72 Å². The van der Waals surface area contributed by atoms with Crippen molar-refractivity contribution in [1.82, 2.24) is 0 Å². The summed E-state index contributed by atoms with van der Waals surface area (Å²) in [4.78, 5) is 0.306. The molecule has 2 N–H and O–H groups in total. The first-order chi connectivity index (χ1) is 9.54. The summed E-state index contributed by atoms with van der Waals surface area (Å²) in [7, 11) is -3.53. The summed E-state index contributed by atoms with van der Waals surface area (Å²) in [5.41, 5.74) is 3.75. The van der Waals surface area contributed by atoms with Gasteiger partial charge in [0, 0.05) is 17.9 Å². The highest BCUT2D eigenvalue weighted by Gasteiger charge is 2.18. The number of hydrogen-bond donors (Lipinski definition) is 2. The van der Waals surface area contributed by atoms with Gasteiger partial charge in [0.2, 0.25) is 0 Å². The molecule has 1 aliphatic rings. The van der Waals surface area contributed by atoms with E-state index in [0.29, 0.717) is 10.6 Å². The molecule has 0 amide bonds. The van der Waals surface area contributed by atoms with Crippen molar-refractivity contribution >= 4 is 21.4 Å². The van der Waals surface area contributed by atoms with Crippen molar-refractivity contribution in [1.29, 1.82) is 0 Å². The first kappa shape index (κ1) is 13.0. The Morgan fingerprint density at radius 2 is 1.85 bits per heavy atom. The average Bonchev–Trinajstić information content (AvgIpc) is 2.88. The lowest BCUT2D eigenvalue weighted by molar-refractivity contribution is 0.601. The number of aryl methyl sites for hydroxylation is 1. The van der Waals surface area contributed by atoms with Crippen molar-refractivity contribution in [2.45, 2.75) is 18.2 Å². The molecule has 0 spiro atoms. The summed E-state index contributed by atoms with van der Waals surface area (Å²) in [6, 6.07) is 12.5. The van der Waals surface area contributed by atoms with Gasteiger partial charge in [0.1, 0.15) is 0 Å². The Morgan fingerprint density at radius 3 is 2.60 bits per heavy atom. The van der Waals surface area contributed by atoms with E-state index >= 15 is 0 Å². The summed E-state index contributed by atoms with van der Waals surface area (Å²) in [6.07, 6.45) is 0.864. The van der Waals surface area contributed by atoms with Crippen LogP contribution < -0.4 is 10.0 Å². The van der Waals surface area contributed by atoms with Gasteiger partial charge in [-0.2, -0.15) is 0 Å². The Morgan fingerprint density at radius 1 is 1.10 bits per heavy atom. The molecule has 2 aromatic rings. The number of hydrogen-bond acceptors (Lipinski definition) is 3.